The molecule has 210 valence electrons. The van der Waals surface area contributed by atoms with Crippen molar-refractivity contribution in [3.05, 3.63) is 108 Å². The molecular formula is C34H36N4O3. The number of para-hydroxylation sites is 2. The van der Waals surface area contributed by atoms with E-state index in [1.54, 1.807) is 13.2 Å². The largest absolute Gasteiger partial charge is 0.495 e. The average molecular weight is 549 g/mol. The van der Waals surface area contributed by atoms with Crippen LogP contribution in [-0.4, -0.2) is 51.1 Å². The zero-order chi connectivity index (χ0) is 28.8. The minimum Gasteiger partial charge on any atom is -0.495 e. The van der Waals surface area contributed by atoms with Crippen LogP contribution in [0.2, 0.25) is 0 Å². The first-order valence-electron chi connectivity index (χ1n) is 14.0. The van der Waals surface area contributed by atoms with Crippen LogP contribution in [-0.2, 0) is 0 Å². The molecule has 0 bridgehead atoms. The molecule has 0 aromatic heterocycles. The highest BCUT2D eigenvalue weighted by Crippen LogP contribution is 2.31. The number of nitrogens with one attached hydrogen (secondary N) is 2. The van der Waals surface area contributed by atoms with E-state index in [1.807, 2.05) is 98.8 Å². The number of carbonyl (C=O) groups excluding carboxylic acids is 2. The maximum atomic E-state index is 13.3. The molecule has 4 aromatic rings. The Morgan fingerprint density at radius 1 is 0.707 bits per heavy atom. The van der Waals surface area contributed by atoms with Gasteiger partial charge in [-0.3, -0.25) is 9.59 Å². The number of carbonyl (C=O) groups is 2. The third-order valence-electron chi connectivity index (χ3n) is 7.22. The fourth-order valence-electron chi connectivity index (χ4n) is 5.14. The number of amides is 2. The Labute approximate surface area is 241 Å². The van der Waals surface area contributed by atoms with Gasteiger partial charge in [0.25, 0.3) is 11.8 Å². The monoisotopic (exact) mass is 548 g/mol. The van der Waals surface area contributed by atoms with Gasteiger partial charge >= 0.3 is 0 Å². The summed E-state index contributed by atoms with van der Waals surface area (Å²) in [6, 6.07) is 31.2. The van der Waals surface area contributed by atoms with E-state index in [-0.39, 0.29) is 17.9 Å². The first-order valence-corrected chi connectivity index (χ1v) is 14.0. The summed E-state index contributed by atoms with van der Waals surface area (Å²) in [7, 11) is 1.69. The van der Waals surface area contributed by atoms with Gasteiger partial charge < -0.3 is 25.2 Å². The van der Waals surface area contributed by atoms with E-state index in [9.17, 15) is 9.59 Å². The standard InChI is InChI=1S/C34H36N4O3/c1-24(2)35-34(40)29-23-28(36-33(39)27-15-13-26(14-16-27)25-9-5-4-6-10-25)17-18-30(29)37-19-21-38(22-20-37)31-11-7-8-12-32(31)41-3/h4-18,23-24H,19-22H2,1-3H3,(H,35,40)(H,36,39). The van der Waals surface area contributed by atoms with Crippen LogP contribution >= 0.6 is 0 Å². The lowest BCUT2D eigenvalue weighted by atomic mass is 10.0. The van der Waals surface area contributed by atoms with Crippen molar-refractivity contribution in [3.63, 3.8) is 0 Å². The van der Waals surface area contributed by atoms with Crippen LogP contribution in [0.1, 0.15) is 34.6 Å². The van der Waals surface area contributed by atoms with Crippen molar-refractivity contribution < 1.29 is 14.3 Å². The molecule has 7 heteroatoms. The molecule has 0 atom stereocenters. The van der Waals surface area contributed by atoms with Crippen LogP contribution in [0.5, 0.6) is 5.75 Å². The SMILES string of the molecule is COc1ccccc1N1CCN(c2ccc(NC(=O)c3ccc(-c4ccccc4)cc3)cc2C(=O)NC(C)C)CC1. The number of piperazine rings is 1. The summed E-state index contributed by atoms with van der Waals surface area (Å²) in [6.45, 7) is 6.97. The van der Waals surface area contributed by atoms with Gasteiger partial charge in [0.2, 0.25) is 0 Å². The van der Waals surface area contributed by atoms with Crippen LogP contribution < -0.4 is 25.2 Å². The van der Waals surface area contributed by atoms with Crippen LogP contribution in [0.15, 0.2) is 97.1 Å². The molecule has 1 heterocycles. The van der Waals surface area contributed by atoms with Crippen molar-refractivity contribution in [2.75, 3.05) is 48.4 Å². The third kappa shape index (κ3) is 6.52. The second-order valence-corrected chi connectivity index (χ2v) is 10.4. The molecule has 0 aliphatic carbocycles. The van der Waals surface area contributed by atoms with Gasteiger partial charge in [0.05, 0.1) is 18.4 Å². The summed E-state index contributed by atoms with van der Waals surface area (Å²) in [4.78, 5) is 30.9. The van der Waals surface area contributed by atoms with Gasteiger partial charge in [0.15, 0.2) is 0 Å². The number of hydrogen-bond acceptors (Lipinski definition) is 5. The summed E-state index contributed by atoms with van der Waals surface area (Å²) in [5.74, 6) is 0.469. The fraction of sp³-hybridized carbons (Fsp3) is 0.235. The first kappa shape index (κ1) is 27.8. The number of nitrogens with zero attached hydrogens (tertiary/aromatic N) is 2. The maximum absolute atomic E-state index is 13.3. The zero-order valence-corrected chi connectivity index (χ0v) is 23.8. The molecule has 5 rings (SSSR count). The van der Waals surface area contributed by atoms with E-state index in [4.69, 9.17) is 4.74 Å². The normalized spacial score (nSPS) is 13.2. The van der Waals surface area contributed by atoms with Gasteiger partial charge in [-0.15, -0.1) is 0 Å². The Balaban J connectivity index is 1.33. The molecule has 1 fully saturated rings. The molecule has 2 amide bonds. The average Bonchev–Trinajstić information content (AvgIpc) is 3.01. The van der Waals surface area contributed by atoms with Gasteiger partial charge in [-0.2, -0.15) is 0 Å². The van der Waals surface area contributed by atoms with E-state index in [0.717, 1.165) is 54.4 Å². The highest BCUT2D eigenvalue weighted by molar-refractivity contribution is 6.06. The van der Waals surface area contributed by atoms with Gasteiger partial charge in [0.1, 0.15) is 5.75 Å². The van der Waals surface area contributed by atoms with Gasteiger partial charge in [-0.05, 0) is 67.4 Å². The Bertz CT molecular complexity index is 1490. The van der Waals surface area contributed by atoms with E-state index < -0.39 is 0 Å². The van der Waals surface area contributed by atoms with Crippen molar-refractivity contribution in [2.45, 2.75) is 19.9 Å². The summed E-state index contributed by atoms with van der Waals surface area (Å²) in [5.41, 5.74) is 5.74. The van der Waals surface area contributed by atoms with E-state index in [0.29, 0.717) is 16.8 Å². The molecule has 0 unspecified atom stereocenters. The molecule has 0 spiro atoms. The first-order chi connectivity index (χ1) is 19.9. The lowest BCUT2D eigenvalue weighted by Gasteiger charge is -2.38. The highest BCUT2D eigenvalue weighted by atomic mass is 16.5. The molecule has 4 aromatic carbocycles. The van der Waals surface area contributed by atoms with E-state index in [1.165, 1.54) is 0 Å². The lowest BCUT2D eigenvalue weighted by Crippen LogP contribution is -2.47. The number of anilines is 3. The van der Waals surface area contributed by atoms with Crippen molar-refractivity contribution in [1.82, 2.24) is 5.32 Å². The smallest absolute Gasteiger partial charge is 0.255 e. The van der Waals surface area contributed by atoms with Gasteiger partial charge in [-0.25, -0.2) is 0 Å². The zero-order valence-electron chi connectivity index (χ0n) is 23.8. The van der Waals surface area contributed by atoms with Gasteiger partial charge in [-0.1, -0.05) is 54.6 Å². The molecule has 1 saturated heterocycles. The lowest BCUT2D eigenvalue weighted by molar-refractivity contribution is 0.0942. The topological polar surface area (TPSA) is 73.9 Å². The second kappa shape index (κ2) is 12.6. The number of benzene rings is 4. The number of methoxy groups -OCH3 is 1. The third-order valence-corrected chi connectivity index (χ3v) is 7.22. The molecule has 0 radical (unpaired) electrons. The molecule has 0 saturated carbocycles. The molecule has 1 aliphatic rings. The second-order valence-electron chi connectivity index (χ2n) is 10.4. The summed E-state index contributed by atoms with van der Waals surface area (Å²) >= 11 is 0. The Morgan fingerprint density at radius 2 is 1.32 bits per heavy atom. The quantitative estimate of drug-likeness (QED) is 0.279. The highest BCUT2D eigenvalue weighted by Gasteiger charge is 2.24. The predicted molar refractivity (Wildman–Crippen MR) is 166 cm³/mol. The predicted octanol–water partition coefficient (Wildman–Crippen LogP) is 6.08. The summed E-state index contributed by atoms with van der Waals surface area (Å²) in [6.07, 6.45) is 0. The van der Waals surface area contributed by atoms with Crippen molar-refractivity contribution in [1.29, 1.82) is 0 Å². The fourth-order valence-corrected chi connectivity index (χ4v) is 5.14. The summed E-state index contributed by atoms with van der Waals surface area (Å²) in [5, 5.41) is 5.99. The minimum atomic E-state index is -0.224. The van der Waals surface area contributed by atoms with Crippen molar-refractivity contribution in [3.8, 4) is 16.9 Å². The molecule has 7 nitrogen and oxygen atoms in total. The van der Waals surface area contributed by atoms with E-state index >= 15 is 0 Å². The molecule has 41 heavy (non-hydrogen) atoms. The number of ether oxygens (including phenoxy) is 1. The number of rotatable bonds is 8. The maximum Gasteiger partial charge on any atom is 0.255 e. The Morgan fingerprint density at radius 3 is 1.98 bits per heavy atom. The van der Waals surface area contributed by atoms with Crippen molar-refractivity contribution >= 4 is 28.9 Å². The van der Waals surface area contributed by atoms with Crippen molar-refractivity contribution in [2.24, 2.45) is 0 Å². The molecular weight excluding hydrogens is 512 g/mol. The molecule has 2 N–H and O–H groups in total. The summed E-state index contributed by atoms with van der Waals surface area (Å²) < 4.78 is 5.56. The minimum absolute atomic E-state index is 0.0147. The Hall–Kier alpha value is -4.78. The van der Waals surface area contributed by atoms with Crippen LogP contribution in [0.25, 0.3) is 11.1 Å². The molecule has 1 aliphatic heterocycles. The number of hydrogen-bond donors (Lipinski definition) is 2. The van der Waals surface area contributed by atoms with Crippen LogP contribution in [0.4, 0.5) is 17.1 Å². The van der Waals surface area contributed by atoms with Crippen LogP contribution in [0, 0.1) is 0 Å². The van der Waals surface area contributed by atoms with Gasteiger partial charge in [0, 0.05) is 49.2 Å². The van der Waals surface area contributed by atoms with E-state index in [2.05, 4.69) is 26.5 Å². The Kier molecular flexibility index (Phi) is 8.53. The van der Waals surface area contributed by atoms with Crippen LogP contribution in [0.3, 0.4) is 0 Å².